The molecule has 3 rings (SSSR count). The quantitative estimate of drug-likeness (QED) is 0.593. The van der Waals surface area contributed by atoms with Gasteiger partial charge in [-0.15, -0.1) is 13.2 Å². The van der Waals surface area contributed by atoms with E-state index in [4.69, 9.17) is 9.47 Å². The molecule has 0 spiro atoms. The Hall–Kier alpha value is -3.81. The van der Waals surface area contributed by atoms with Gasteiger partial charge in [0.25, 0.3) is 5.56 Å². The predicted molar refractivity (Wildman–Crippen MR) is 113 cm³/mol. The van der Waals surface area contributed by atoms with Gasteiger partial charge in [-0.1, -0.05) is 24.3 Å². The normalized spacial score (nSPS) is 11.1. The monoisotopic (exact) mass is 394 g/mol. The minimum Gasteiger partial charge on any atom is -0.493 e. The Morgan fingerprint density at radius 3 is 2.38 bits per heavy atom. The fraction of sp³-hybridized carbons (Fsp3) is 0.190. The highest BCUT2D eigenvalue weighted by Crippen LogP contribution is 2.28. The number of ether oxygens (including phenoxy) is 2. The van der Waals surface area contributed by atoms with Crippen LogP contribution in [-0.2, 0) is 13.1 Å². The van der Waals surface area contributed by atoms with Crippen LogP contribution >= 0.6 is 0 Å². The van der Waals surface area contributed by atoms with Gasteiger partial charge in [0.15, 0.2) is 17.1 Å². The second-order valence-corrected chi connectivity index (χ2v) is 6.15. The first-order valence-electron chi connectivity index (χ1n) is 8.89. The second-order valence-electron chi connectivity index (χ2n) is 6.15. The summed E-state index contributed by atoms with van der Waals surface area (Å²) < 4.78 is 13.0. The Balaban J connectivity index is 2.09. The first-order chi connectivity index (χ1) is 14.0. The van der Waals surface area contributed by atoms with Crippen LogP contribution < -0.4 is 20.7 Å². The molecule has 0 aliphatic carbocycles. The van der Waals surface area contributed by atoms with Crippen molar-refractivity contribution >= 4 is 23.3 Å². The number of hydrogen-bond acceptors (Lipinski definition) is 5. The van der Waals surface area contributed by atoms with E-state index in [1.807, 2.05) is 18.2 Å². The molecular weight excluding hydrogens is 372 g/mol. The van der Waals surface area contributed by atoms with Crippen LogP contribution in [0.2, 0.25) is 0 Å². The molecule has 1 N–H and O–H groups in total. The average molecular weight is 394 g/mol. The number of aromatic amines is 1. The minimum atomic E-state index is -0.454. The number of hydrogen-bond donors (Lipinski definition) is 1. The molecule has 0 unspecified atom stereocenters. The van der Waals surface area contributed by atoms with Crippen LogP contribution in [0.1, 0.15) is 11.4 Å². The molecule has 0 amide bonds. The van der Waals surface area contributed by atoms with E-state index in [0.29, 0.717) is 17.3 Å². The minimum absolute atomic E-state index is 0.112. The summed E-state index contributed by atoms with van der Waals surface area (Å²) in [5.41, 5.74) is 0.496. The summed E-state index contributed by atoms with van der Waals surface area (Å²) >= 11 is 0. The van der Waals surface area contributed by atoms with Crippen LogP contribution in [0.5, 0.6) is 11.5 Å². The number of rotatable bonds is 8. The van der Waals surface area contributed by atoms with Crippen molar-refractivity contribution in [1.82, 2.24) is 19.1 Å². The van der Waals surface area contributed by atoms with Gasteiger partial charge in [0.05, 0.1) is 14.2 Å². The molecule has 0 aliphatic rings. The molecule has 150 valence electrons. The number of fused-ring (bicyclic) bond motifs is 1. The van der Waals surface area contributed by atoms with E-state index < -0.39 is 11.2 Å². The maximum atomic E-state index is 12.7. The molecule has 0 aliphatic heterocycles. The summed E-state index contributed by atoms with van der Waals surface area (Å²) in [6.45, 7) is 7.62. The highest BCUT2D eigenvalue weighted by molar-refractivity contribution is 5.76. The van der Waals surface area contributed by atoms with Crippen LogP contribution in [0.15, 0.2) is 53.1 Å². The number of methoxy groups -OCH3 is 2. The number of imidazole rings is 1. The number of nitrogens with zero attached hydrogens (tertiary/aromatic N) is 3. The lowest BCUT2D eigenvalue weighted by molar-refractivity contribution is 0.355. The molecule has 0 saturated heterocycles. The van der Waals surface area contributed by atoms with Crippen molar-refractivity contribution in [3.05, 3.63) is 75.7 Å². The standard InChI is InChI=1S/C21H22N4O4/c1-5-11-24-19-18(20(26)25(12-6-2)21(24)27)22-17(23-19)10-8-14-7-9-15(28-3)16(13-14)29-4/h5-10,13H,1-2,11-12H2,3-4H3,(H,22,23)/b10-8+. The van der Waals surface area contributed by atoms with Gasteiger partial charge in [-0.25, -0.2) is 9.78 Å². The van der Waals surface area contributed by atoms with Crippen LogP contribution in [-0.4, -0.2) is 33.3 Å². The van der Waals surface area contributed by atoms with Gasteiger partial charge in [0.1, 0.15) is 11.3 Å². The first kappa shape index (κ1) is 19.9. The Kier molecular flexibility index (Phi) is 5.82. The molecule has 2 aromatic heterocycles. The Morgan fingerprint density at radius 1 is 1.03 bits per heavy atom. The number of aromatic nitrogens is 4. The average Bonchev–Trinajstić information content (AvgIpc) is 3.16. The smallest absolute Gasteiger partial charge is 0.333 e. The lowest BCUT2D eigenvalue weighted by atomic mass is 10.2. The highest BCUT2D eigenvalue weighted by atomic mass is 16.5. The Labute approximate surface area is 167 Å². The predicted octanol–water partition coefficient (Wildman–Crippen LogP) is 2.45. The molecule has 8 nitrogen and oxygen atoms in total. The van der Waals surface area contributed by atoms with Crippen molar-refractivity contribution in [2.75, 3.05) is 14.2 Å². The summed E-state index contributed by atoms with van der Waals surface area (Å²) in [6, 6.07) is 5.49. The van der Waals surface area contributed by atoms with Crippen molar-refractivity contribution in [3.63, 3.8) is 0 Å². The van der Waals surface area contributed by atoms with E-state index in [-0.39, 0.29) is 24.3 Å². The van der Waals surface area contributed by atoms with Gasteiger partial charge in [-0.3, -0.25) is 13.9 Å². The molecule has 8 heteroatoms. The topological polar surface area (TPSA) is 91.1 Å². The third-order valence-electron chi connectivity index (χ3n) is 4.34. The lowest BCUT2D eigenvalue weighted by Crippen LogP contribution is -2.39. The van der Waals surface area contributed by atoms with Gasteiger partial charge < -0.3 is 14.5 Å². The fourth-order valence-corrected chi connectivity index (χ4v) is 2.98. The van der Waals surface area contributed by atoms with E-state index in [1.54, 1.807) is 32.4 Å². The van der Waals surface area contributed by atoms with Crippen LogP contribution in [0.3, 0.4) is 0 Å². The Bertz CT molecular complexity index is 1210. The third kappa shape index (κ3) is 3.77. The van der Waals surface area contributed by atoms with Crippen molar-refractivity contribution in [3.8, 4) is 11.5 Å². The summed E-state index contributed by atoms with van der Waals surface area (Å²) in [7, 11) is 3.14. The SMILES string of the molecule is C=CCn1c(=O)c2[nH]c(/C=C/c3ccc(OC)c(OC)c3)nc2n(CC=C)c1=O. The zero-order valence-electron chi connectivity index (χ0n) is 16.3. The third-order valence-corrected chi connectivity index (χ3v) is 4.34. The van der Waals surface area contributed by atoms with Crippen LogP contribution in [0.4, 0.5) is 0 Å². The number of allylic oxidation sites excluding steroid dienone is 2. The Morgan fingerprint density at radius 2 is 1.72 bits per heavy atom. The molecule has 0 atom stereocenters. The zero-order chi connectivity index (χ0) is 21.0. The van der Waals surface area contributed by atoms with Crippen molar-refractivity contribution in [2.24, 2.45) is 0 Å². The molecule has 29 heavy (non-hydrogen) atoms. The van der Waals surface area contributed by atoms with Crippen LogP contribution in [0, 0.1) is 0 Å². The summed E-state index contributed by atoms with van der Waals surface area (Å²) in [6.07, 6.45) is 6.62. The fourth-order valence-electron chi connectivity index (χ4n) is 2.98. The summed E-state index contributed by atoms with van der Waals surface area (Å²) in [4.78, 5) is 32.7. The van der Waals surface area contributed by atoms with Gasteiger partial charge in [-0.05, 0) is 23.8 Å². The van der Waals surface area contributed by atoms with Gasteiger partial charge >= 0.3 is 5.69 Å². The van der Waals surface area contributed by atoms with Gasteiger partial charge in [0.2, 0.25) is 0 Å². The molecule has 1 aromatic carbocycles. The van der Waals surface area contributed by atoms with Crippen LogP contribution in [0.25, 0.3) is 23.3 Å². The van der Waals surface area contributed by atoms with E-state index in [2.05, 4.69) is 23.1 Å². The maximum absolute atomic E-state index is 12.7. The molecule has 0 bridgehead atoms. The zero-order valence-corrected chi connectivity index (χ0v) is 16.3. The molecular formula is C21H22N4O4. The summed E-state index contributed by atoms with van der Waals surface area (Å²) in [5, 5.41) is 0. The first-order valence-corrected chi connectivity index (χ1v) is 8.89. The molecule has 3 aromatic rings. The molecule has 2 heterocycles. The van der Waals surface area contributed by atoms with Crippen molar-refractivity contribution in [1.29, 1.82) is 0 Å². The maximum Gasteiger partial charge on any atom is 0.333 e. The largest absolute Gasteiger partial charge is 0.493 e. The summed E-state index contributed by atoms with van der Waals surface area (Å²) in [5.74, 6) is 1.68. The molecule has 0 radical (unpaired) electrons. The van der Waals surface area contributed by atoms with E-state index in [0.717, 1.165) is 10.1 Å². The van der Waals surface area contributed by atoms with Gasteiger partial charge in [-0.2, -0.15) is 0 Å². The lowest BCUT2D eigenvalue weighted by Gasteiger charge is -2.07. The molecule has 0 fully saturated rings. The van der Waals surface area contributed by atoms with Crippen molar-refractivity contribution in [2.45, 2.75) is 13.1 Å². The second kappa shape index (κ2) is 8.47. The number of benzene rings is 1. The van der Waals surface area contributed by atoms with E-state index >= 15 is 0 Å². The number of H-pyrrole nitrogens is 1. The van der Waals surface area contributed by atoms with E-state index in [9.17, 15) is 9.59 Å². The molecule has 0 saturated carbocycles. The van der Waals surface area contributed by atoms with Crippen molar-refractivity contribution < 1.29 is 9.47 Å². The van der Waals surface area contributed by atoms with E-state index in [1.165, 1.54) is 10.6 Å². The number of nitrogens with one attached hydrogen (secondary N) is 1. The van der Waals surface area contributed by atoms with Gasteiger partial charge in [0, 0.05) is 13.1 Å². The highest BCUT2D eigenvalue weighted by Gasteiger charge is 2.15.